The van der Waals surface area contributed by atoms with E-state index in [0.29, 0.717) is 25.3 Å². The molecule has 7 heteroatoms. The first-order chi connectivity index (χ1) is 15.2. The summed E-state index contributed by atoms with van der Waals surface area (Å²) in [7, 11) is 0. The molecule has 32 heavy (non-hydrogen) atoms. The van der Waals surface area contributed by atoms with E-state index in [1.807, 2.05) is 51.1 Å². The number of nitrogens with one attached hydrogen (secondary N) is 2. The van der Waals surface area contributed by atoms with Crippen molar-refractivity contribution in [3.8, 4) is 0 Å². The summed E-state index contributed by atoms with van der Waals surface area (Å²) in [6.07, 6.45) is 0.857. The number of benzene rings is 2. The molecule has 3 rings (SSSR count). The van der Waals surface area contributed by atoms with Gasteiger partial charge in [0.25, 0.3) is 0 Å². The molecule has 2 N–H and O–H groups in total. The smallest absolute Gasteiger partial charge is 0.246 e. The van der Waals surface area contributed by atoms with E-state index < -0.39 is 6.04 Å². The van der Waals surface area contributed by atoms with Crippen LogP contribution in [0.15, 0.2) is 54.6 Å². The highest BCUT2D eigenvalue weighted by Gasteiger charge is 2.30. The number of carbonyl (C=O) groups is 2. The summed E-state index contributed by atoms with van der Waals surface area (Å²) < 4.78 is 13.2. The fourth-order valence-corrected chi connectivity index (χ4v) is 3.98. The van der Waals surface area contributed by atoms with E-state index >= 15 is 0 Å². The minimum atomic E-state index is -0.468. The van der Waals surface area contributed by atoms with Gasteiger partial charge in [-0.3, -0.25) is 19.4 Å². The van der Waals surface area contributed by atoms with Crippen LogP contribution in [0.1, 0.15) is 38.8 Å². The van der Waals surface area contributed by atoms with Crippen molar-refractivity contribution in [1.82, 2.24) is 15.1 Å². The van der Waals surface area contributed by atoms with Crippen LogP contribution in [-0.2, 0) is 9.59 Å². The zero-order valence-corrected chi connectivity index (χ0v) is 19.1. The van der Waals surface area contributed by atoms with Gasteiger partial charge >= 0.3 is 0 Å². The molecule has 1 unspecified atom stereocenters. The number of hydrogen-bond acceptors (Lipinski definition) is 4. The van der Waals surface area contributed by atoms with Gasteiger partial charge in [0.2, 0.25) is 11.8 Å². The van der Waals surface area contributed by atoms with Crippen LogP contribution in [0.25, 0.3) is 0 Å². The number of amides is 2. The van der Waals surface area contributed by atoms with E-state index in [1.54, 1.807) is 12.1 Å². The predicted octanol–water partition coefficient (Wildman–Crippen LogP) is 3.43. The highest BCUT2D eigenvalue weighted by Crippen LogP contribution is 2.24. The van der Waals surface area contributed by atoms with Gasteiger partial charge in [0, 0.05) is 30.9 Å². The molecule has 2 aromatic rings. The third-order valence-corrected chi connectivity index (χ3v) is 5.35. The number of halogens is 1. The van der Waals surface area contributed by atoms with Crippen molar-refractivity contribution in [3.05, 3.63) is 66.0 Å². The summed E-state index contributed by atoms with van der Waals surface area (Å²) in [5.41, 5.74) is 1.21. The van der Waals surface area contributed by atoms with Gasteiger partial charge in [-0.05, 0) is 63.6 Å². The second-order valence-electron chi connectivity index (χ2n) is 9.27. The maximum absolute atomic E-state index is 13.3. The van der Waals surface area contributed by atoms with Crippen molar-refractivity contribution < 1.29 is 14.0 Å². The Morgan fingerprint density at radius 2 is 1.66 bits per heavy atom. The van der Waals surface area contributed by atoms with E-state index in [1.165, 1.54) is 12.1 Å². The highest BCUT2D eigenvalue weighted by molar-refractivity contribution is 5.95. The molecule has 0 radical (unpaired) electrons. The standard InChI is InChI=1S/C25H33FN4O2/c1-25(2,3)28-22(31)18-29-14-7-15-30(17-16-29)23(19-8-5-4-6-9-19)24(32)27-21-12-10-20(26)11-13-21/h4-6,8-13,23H,7,14-18H2,1-3H3,(H,27,32)(H,28,31). The Morgan fingerprint density at radius 1 is 0.969 bits per heavy atom. The molecule has 0 bridgehead atoms. The Labute approximate surface area is 189 Å². The normalized spacial score (nSPS) is 16.8. The van der Waals surface area contributed by atoms with Gasteiger partial charge in [0.15, 0.2) is 0 Å². The van der Waals surface area contributed by atoms with E-state index in [-0.39, 0.29) is 23.2 Å². The van der Waals surface area contributed by atoms with E-state index in [9.17, 15) is 14.0 Å². The number of carbonyl (C=O) groups excluding carboxylic acids is 2. The van der Waals surface area contributed by atoms with Crippen LogP contribution < -0.4 is 10.6 Å². The number of hydrogen-bond donors (Lipinski definition) is 2. The quantitative estimate of drug-likeness (QED) is 0.723. The molecule has 0 saturated carbocycles. The molecular formula is C25H33FN4O2. The van der Waals surface area contributed by atoms with E-state index in [0.717, 1.165) is 25.1 Å². The van der Waals surface area contributed by atoms with Gasteiger partial charge in [0.1, 0.15) is 11.9 Å². The van der Waals surface area contributed by atoms with Crippen LogP contribution in [0.5, 0.6) is 0 Å². The zero-order chi connectivity index (χ0) is 23.1. The number of rotatable bonds is 6. The third-order valence-electron chi connectivity index (χ3n) is 5.35. The maximum Gasteiger partial charge on any atom is 0.246 e. The molecule has 2 aromatic carbocycles. The second kappa shape index (κ2) is 10.7. The monoisotopic (exact) mass is 440 g/mol. The summed E-state index contributed by atoms with van der Waals surface area (Å²) in [6.45, 7) is 9.17. The molecule has 1 aliphatic heterocycles. The number of nitrogens with zero attached hydrogens (tertiary/aromatic N) is 2. The van der Waals surface area contributed by atoms with Crippen molar-refractivity contribution in [2.75, 3.05) is 38.0 Å². The summed E-state index contributed by atoms with van der Waals surface area (Å²) in [5, 5.41) is 5.94. The van der Waals surface area contributed by atoms with Crippen molar-refractivity contribution in [2.24, 2.45) is 0 Å². The lowest BCUT2D eigenvalue weighted by Gasteiger charge is -2.30. The van der Waals surface area contributed by atoms with Gasteiger partial charge in [-0.1, -0.05) is 30.3 Å². The molecule has 1 aliphatic rings. The molecule has 1 fully saturated rings. The molecule has 1 heterocycles. The molecule has 1 saturated heterocycles. The van der Waals surface area contributed by atoms with Crippen LogP contribution >= 0.6 is 0 Å². The van der Waals surface area contributed by atoms with Crippen molar-refractivity contribution >= 4 is 17.5 Å². The predicted molar refractivity (Wildman–Crippen MR) is 125 cm³/mol. The van der Waals surface area contributed by atoms with Crippen molar-refractivity contribution in [2.45, 2.75) is 38.8 Å². The molecule has 172 valence electrons. The Hall–Kier alpha value is -2.77. The third kappa shape index (κ3) is 7.14. The fourth-order valence-electron chi connectivity index (χ4n) is 3.98. The first-order valence-electron chi connectivity index (χ1n) is 11.1. The van der Waals surface area contributed by atoms with Crippen LogP contribution in [0, 0.1) is 5.82 Å². The first-order valence-corrected chi connectivity index (χ1v) is 11.1. The Kier molecular flexibility index (Phi) is 7.99. The van der Waals surface area contributed by atoms with Crippen LogP contribution in [-0.4, -0.2) is 59.9 Å². The molecule has 2 amide bonds. The molecule has 0 spiro atoms. The van der Waals surface area contributed by atoms with Gasteiger partial charge in [0.05, 0.1) is 6.54 Å². The van der Waals surface area contributed by atoms with E-state index in [4.69, 9.17) is 0 Å². The minimum Gasteiger partial charge on any atom is -0.350 e. The molecule has 6 nitrogen and oxygen atoms in total. The maximum atomic E-state index is 13.3. The Bertz CT molecular complexity index is 896. The lowest BCUT2D eigenvalue weighted by molar-refractivity contribution is -0.124. The van der Waals surface area contributed by atoms with E-state index in [2.05, 4.69) is 20.4 Å². The Morgan fingerprint density at radius 3 is 2.31 bits per heavy atom. The van der Waals surface area contributed by atoms with Crippen LogP contribution in [0.2, 0.25) is 0 Å². The Balaban J connectivity index is 1.70. The summed E-state index contributed by atoms with van der Waals surface area (Å²) >= 11 is 0. The summed E-state index contributed by atoms with van der Waals surface area (Å²) in [5.74, 6) is -0.480. The average molecular weight is 441 g/mol. The summed E-state index contributed by atoms with van der Waals surface area (Å²) in [6, 6.07) is 15.0. The van der Waals surface area contributed by atoms with Gasteiger partial charge in [-0.15, -0.1) is 0 Å². The highest BCUT2D eigenvalue weighted by atomic mass is 19.1. The fraction of sp³-hybridized carbons (Fsp3) is 0.440. The molecule has 0 aliphatic carbocycles. The van der Waals surface area contributed by atoms with Crippen molar-refractivity contribution in [1.29, 1.82) is 0 Å². The van der Waals surface area contributed by atoms with Crippen LogP contribution in [0.4, 0.5) is 10.1 Å². The lowest BCUT2D eigenvalue weighted by Crippen LogP contribution is -2.46. The largest absolute Gasteiger partial charge is 0.350 e. The lowest BCUT2D eigenvalue weighted by atomic mass is 10.0. The SMILES string of the molecule is CC(C)(C)NC(=O)CN1CCCN(C(C(=O)Nc2ccc(F)cc2)c2ccccc2)CC1. The first kappa shape index (κ1) is 23.9. The zero-order valence-electron chi connectivity index (χ0n) is 19.1. The average Bonchev–Trinajstić information content (AvgIpc) is 2.95. The molecular weight excluding hydrogens is 407 g/mol. The topological polar surface area (TPSA) is 64.7 Å². The second-order valence-corrected chi connectivity index (χ2v) is 9.27. The van der Waals surface area contributed by atoms with Gasteiger partial charge in [-0.25, -0.2) is 4.39 Å². The molecule has 0 aromatic heterocycles. The number of anilines is 1. The van der Waals surface area contributed by atoms with Crippen LogP contribution in [0.3, 0.4) is 0 Å². The summed E-state index contributed by atoms with van der Waals surface area (Å²) in [4.78, 5) is 30.0. The van der Waals surface area contributed by atoms with Gasteiger partial charge in [-0.2, -0.15) is 0 Å². The van der Waals surface area contributed by atoms with Crippen molar-refractivity contribution in [3.63, 3.8) is 0 Å². The minimum absolute atomic E-state index is 0.0135. The van der Waals surface area contributed by atoms with Gasteiger partial charge < -0.3 is 10.6 Å². The molecule has 1 atom stereocenters.